The minimum Gasteiger partial charge on any atom is -0.455 e. The summed E-state index contributed by atoms with van der Waals surface area (Å²) in [5, 5.41) is -0.413. The number of fused-ring (bicyclic) bond motifs is 2. The molecule has 5 rings (SSSR count). The zero-order valence-corrected chi connectivity index (χ0v) is 54.3. The van der Waals surface area contributed by atoms with Crippen LogP contribution in [-0.2, 0) is 51.3 Å². The van der Waals surface area contributed by atoms with E-state index in [1.165, 1.54) is 0 Å². The molecule has 1 unspecified atom stereocenters. The second-order valence-electron chi connectivity index (χ2n) is 26.7. The van der Waals surface area contributed by atoms with Gasteiger partial charge in [-0.1, -0.05) is 123 Å². The molecule has 1 aliphatic carbocycles. The zero-order valence-electron chi connectivity index (χ0n) is 48.4. The average molecular weight is 1260 g/mol. The number of aldehydes is 1. The van der Waals surface area contributed by atoms with Crippen molar-refractivity contribution in [1.29, 1.82) is 0 Å². The second-order valence-corrected chi connectivity index (χ2v) is 43.3. The van der Waals surface area contributed by atoms with Crippen LogP contribution in [0.25, 0.3) is 0 Å². The lowest BCUT2D eigenvalue weighted by atomic mass is 9.70. The summed E-state index contributed by atoms with van der Waals surface area (Å²) >= 11 is 2.29. The van der Waals surface area contributed by atoms with Gasteiger partial charge in [-0.3, -0.25) is 0 Å². The maximum atomic E-state index is 14.0. The zero-order chi connectivity index (χ0) is 57.3. The molecule has 1 aromatic carbocycles. The lowest BCUT2D eigenvalue weighted by Gasteiger charge is -2.56. The molecule has 3 saturated heterocycles. The van der Waals surface area contributed by atoms with Gasteiger partial charge in [-0.05, 0) is 130 Å². The van der Waals surface area contributed by atoms with Gasteiger partial charge >= 0.3 is 21.6 Å². The largest absolute Gasteiger partial charge is 0.534 e. The highest BCUT2D eigenvalue weighted by molar-refractivity contribution is 14.1. The minimum absolute atomic E-state index is 0.114. The Morgan fingerprint density at radius 3 is 1.96 bits per heavy atom. The Bertz CT molecular complexity index is 2260. The third-order valence-electron chi connectivity index (χ3n) is 17.9. The summed E-state index contributed by atoms with van der Waals surface area (Å²) < 4.78 is 118. The van der Waals surface area contributed by atoms with Gasteiger partial charge in [0, 0.05) is 29.1 Å². The minimum atomic E-state index is -5.85. The van der Waals surface area contributed by atoms with E-state index in [0.717, 1.165) is 25.5 Å². The molecular formula is C56H92F3IO12SSi3. The highest BCUT2D eigenvalue weighted by Crippen LogP contribution is 2.51. The van der Waals surface area contributed by atoms with E-state index < -0.39 is 94.3 Å². The van der Waals surface area contributed by atoms with Crippen molar-refractivity contribution in [3.8, 4) is 0 Å². The Labute approximate surface area is 471 Å². The summed E-state index contributed by atoms with van der Waals surface area (Å²) in [7, 11) is -13.4. The van der Waals surface area contributed by atoms with Gasteiger partial charge in [0.25, 0.3) is 0 Å². The summed E-state index contributed by atoms with van der Waals surface area (Å²) in [4.78, 5) is 26.0. The molecule has 0 N–H and O–H groups in total. The first kappa shape index (κ1) is 65.3. The Hall–Kier alpha value is -1.48. The van der Waals surface area contributed by atoms with Crippen molar-refractivity contribution < 1.29 is 67.6 Å². The number of carbonyl (C=O) groups is 2. The first-order valence-electron chi connectivity index (χ1n) is 27.4. The van der Waals surface area contributed by atoms with Crippen molar-refractivity contribution in [2.24, 2.45) is 17.8 Å². The van der Waals surface area contributed by atoms with E-state index in [1.807, 2.05) is 12.1 Å². The van der Waals surface area contributed by atoms with Gasteiger partial charge in [0.15, 0.2) is 25.0 Å². The van der Waals surface area contributed by atoms with Crippen molar-refractivity contribution in [3.63, 3.8) is 0 Å². The molecule has 20 heteroatoms. The van der Waals surface area contributed by atoms with Gasteiger partial charge < -0.3 is 41.2 Å². The second kappa shape index (κ2) is 24.9. The van der Waals surface area contributed by atoms with Gasteiger partial charge in [0.1, 0.15) is 23.8 Å². The molecule has 434 valence electrons. The van der Waals surface area contributed by atoms with Crippen LogP contribution >= 0.6 is 22.6 Å². The third kappa shape index (κ3) is 15.9. The Balaban J connectivity index is 1.52. The first-order valence-corrected chi connectivity index (χ1v) is 39.1. The van der Waals surface area contributed by atoms with E-state index in [1.54, 1.807) is 31.2 Å². The van der Waals surface area contributed by atoms with E-state index in [9.17, 15) is 31.2 Å². The molecule has 0 radical (unpaired) electrons. The fourth-order valence-electron chi connectivity index (χ4n) is 10.2. The van der Waals surface area contributed by atoms with Crippen molar-refractivity contribution >= 4 is 69.9 Å². The van der Waals surface area contributed by atoms with Crippen LogP contribution in [0.2, 0.25) is 54.4 Å². The SMILES string of the molecule is C=C(OS(=O)(=O)C(F)(F)F)[C@H](C)C[C@H]1CC[C@@H]2O[C@@H](CCC(/C=C/[C@H](O[Si](C)(C)C(C)(C)C)[C@@H]3C[C@H]4CC[C@H](CC=O)O[C@@H]4[C@H](O[Si](C)(C)C(C)(C)C)[C@@H]3O[Si](C)(C)C(C)(C)C)OC(=O)c3ccccc3)C[C@]2(CI)O1. The van der Waals surface area contributed by atoms with Gasteiger partial charge in [0.05, 0.1) is 54.4 Å². The number of alkyl halides is 4. The molecule has 3 heterocycles. The summed E-state index contributed by atoms with van der Waals surface area (Å²) in [6, 6.07) is 8.94. The van der Waals surface area contributed by atoms with E-state index in [2.05, 4.69) is 141 Å². The smallest absolute Gasteiger partial charge is 0.455 e. The molecule has 0 aromatic heterocycles. The molecule has 3 aliphatic heterocycles. The molecule has 1 saturated carbocycles. The van der Waals surface area contributed by atoms with E-state index in [4.69, 9.17) is 32.2 Å². The van der Waals surface area contributed by atoms with Gasteiger partial charge in [-0.15, -0.1) is 0 Å². The van der Waals surface area contributed by atoms with Crippen LogP contribution in [0.3, 0.4) is 0 Å². The number of halogens is 4. The fourth-order valence-corrected chi connectivity index (χ4v) is 15.6. The van der Waals surface area contributed by atoms with Crippen LogP contribution in [0.1, 0.15) is 144 Å². The van der Waals surface area contributed by atoms with Crippen LogP contribution in [0.5, 0.6) is 0 Å². The third-order valence-corrected chi connectivity index (χ3v) is 33.6. The lowest BCUT2D eigenvalue weighted by Crippen LogP contribution is -2.65. The lowest BCUT2D eigenvalue weighted by molar-refractivity contribution is -0.195. The number of rotatable bonds is 22. The van der Waals surface area contributed by atoms with Crippen molar-refractivity contribution in [3.05, 3.63) is 60.4 Å². The van der Waals surface area contributed by atoms with Gasteiger partial charge in [-0.25, -0.2) is 4.79 Å². The van der Waals surface area contributed by atoms with Crippen LogP contribution in [-0.4, -0.2) is 116 Å². The summed E-state index contributed by atoms with van der Waals surface area (Å²) in [6.07, 6.45) is 7.26. The summed E-state index contributed by atoms with van der Waals surface area (Å²) in [5.74, 6) is -1.75. The molecular weight excluding hydrogens is 1160 g/mol. The quantitative estimate of drug-likeness (QED) is 0.0126. The molecule has 4 fully saturated rings. The van der Waals surface area contributed by atoms with Gasteiger partial charge in [0.2, 0.25) is 0 Å². The summed E-state index contributed by atoms with van der Waals surface area (Å²) in [5.41, 5.74) is -5.84. The Kier molecular flexibility index (Phi) is 21.4. The van der Waals surface area contributed by atoms with E-state index in [-0.39, 0.29) is 57.8 Å². The Morgan fingerprint density at radius 1 is 0.829 bits per heavy atom. The average Bonchev–Trinajstić information content (AvgIpc) is 3.67. The van der Waals surface area contributed by atoms with Crippen LogP contribution in [0.15, 0.2) is 54.8 Å². The molecule has 1 aromatic rings. The number of allylic oxidation sites excluding steroid dienone is 1. The number of ether oxygens (including phenoxy) is 4. The molecule has 0 amide bonds. The first-order chi connectivity index (χ1) is 34.8. The van der Waals surface area contributed by atoms with Crippen molar-refractivity contribution in [2.75, 3.05) is 4.43 Å². The van der Waals surface area contributed by atoms with E-state index in [0.29, 0.717) is 48.5 Å². The number of carbonyl (C=O) groups excluding carboxylic acids is 2. The number of esters is 1. The standard InChI is InChI=1S/C56H92F3IO12SSi3/c1-37(38(2)69-73(63,64)56(57,58)59)33-43-28-30-47-55(36-60,68-43)35-44(65-47)26-25-41(67-51(62)39-21-19-18-20-22-39)27-29-46(70-74(12,13)52(3,4)5)45-34-40-23-24-42(31-32-61)66-48(40)50(72-76(16,17)54(9,10)11)49(45)71-75(14,15)53(6,7)8/h18-22,27,29,32,37,40-50H,2,23-26,28,30-31,33-36H2,1,3-17H3/b29-27+/t37-,40-,41?,42-,43-,44+,45+,46+,47+,48+,49-,50+,55-/m1/s1. The molecule has 0 bridgehead atoms. The normalized spacial score (nSPS) is 29.5. The number of hydrogen-bond acceptors (Lipinski definition) is 12. The van der Waals surface area contributed by atoms with Gasteiger partial charge in [-0.2, -0.15) is 21.6 Å². The fraction of sp³-hybridized carbons (Fsp3) is 0.786. The molecule has 4 aliphatic rings. The van der Waals surface area contributed by atoms with E-state index >= 15 is 0 Å². The highest BCUT2D eigenvalue weighted by Gasteiger charge is 2.58. The van der Waals surface area contributed by atoms with Crippen molar-refractivity contribution in [2.45, 2.75) is 254 Å². The monoisotopic (exact) mass is 1260 g/mol. The molecule has 0 spiro atoms. The Morgan fingerprint density at radius 2 is 1.41 bits per heavy atom. The topological polar surface area (TPSA) is 142 Å². The maximum Gasteiger partial charge on any atom is 0.534 e. The molecule has 13 atom stereocenters. The van der Waals surface area contributed by atoms with Crippen LogP contribution < -0.4 is 0 Å². The number of benzene rings is 1. The van der Waals surface area contributed by atoms with Crippen LogP contribution in [0.4, 0.5) is 13.2 Å². The maximum absolute atomic E-state index is 14.0. The predicted molar refractivity (Wildman–Crippen MR) is 308 cm³/mol. The summed E-state index contributed by atoms with van der Waals surface area (Å²) in [6.45, 7) is 39.0. The van der Waals surface area contributed by atoms with Crippen molar-refractivity contribution in [1.82, 2.24) is 0 Å². The highest BCUT2D eigenvalue weighted by atomic mass is 127. The molecule has 12 nitrogen and oxygen atoms in total. The predicted octanol–water partition coefficient (Wildman–Crippen LogP) is 14.4. The van der Waals surface area contributed by atoms with Crippen LogP contribution in [0, 0.1) is 17.8 Å². The number of hydrogen-bond donors (Lipinski definition) is 0. The molecule has 76 heavy (non-hydrogen) atoms.